The van der Waals surface area contributed by atoms with Crippen LogP contribution in [-0.4, -0.2) is 25.0 Å². The van der Waals surface area contributed by atoms with Crippen LogP contribution in [0, 0.1) is 17.8 Å². The highest BCUT2D eigenvalue weighted by Crippen LogP contribution is 2.25. The Morgan fingerprint density at radius 3 is 2.56 bits per heavy atom. The van der Waals surface area contributed by atoms with Crippen molar-refractivity contribution in [2.75, 3.05) is 13.1 Å². The largest absolute Gasteiger partial charge is 0.353 e. The normalized spacial score (nSPS) is 39.6. The zero-order valence-corrected chi connectivity index (χ0v) is 10.5. The van der Waals surface area contributed by atoms with E-state index in [1.807, 2.05) is 0 Å². The fourth-order valence-electron chi connectivity index (χ4n) is 3.01. The van der Waals surface area contributed by atoms with Crippen LogP contribution in [0.3, 0.4) is 0 Å². The monoisotopic (exact) mass is 224 g/mol. The maximum absolute atomic E-state index is 12.1. The second-order valence-corrected chi connectivity index (χ2v) is 5.82. The molecule has 2 N–H and O–H groups in total. The van der Waals surface area contributed by atoms with Crippen LogP contribution >= 0.6 is 0 Å². The van der Waals surface area contributed by atoms with Gasteiger partial charge in [0.05, 0.1) is 5.92 Å². The fraction of sp³-hybridized carbons (Fsp3) is 0.923. The summed E-state index contributed by atoms with van der Waals surface area (Å²) in [5.41, 5.74) is 0. The average molecular weight is 224 g/mol. The molecule has 1 saturated carbocycles. The molecule has 16 heavy (non-hydrogen) atoms. The third-order valence-electron chi connectivity index (χ3n) is 3.98. The van der Waals surface area contributed by atoms with Crippen LogP contribution in [0.15, 0.2) is 0 Å². The van der Waals surface area contributed by atoms with Crippen LogP contribution < -0.4 is 10.6 Å². The van der Waals surface area contributed by atoms with Crippen LogP contribution in [0.1, 0.15) is 39.5 Å². The molecule has 0 aromatic carbocycles. The third kappa shape index (κ3) is 2.97. The first-order chi connectivity index (χ1) is 7.65. The lowest BCUT2D eigenvalue weighted by molar-refractivity contribution is -0.126. The number of hydrogen-bond acceptors (Lipinski definition) is 2. The predicted molar refractivity (Wildman–Crippen MR) is 65.1 cm³/mol. The van der Waals surface area contributed by atoms with Crippen molar-refractivity contribution in [3.05, 3.63) is 0 Å². The standard InChI is InChI=1S/C13H24N2O/c1-9-3-4-12(6-9)15-13(16)11-5-10(2)7-14-8-11/h9-12,14H,3-8H2,1-2H3,(H,15,16). The summed E-state index contributed by atoms with van der Waals surface area (Å²) in [5, 5.41) is 6.56. The summed E-state index contributed by atoms with van der Waals surface area (Å²) in [6.07, 6.45) is 4.65. The molecule has 1 saturated heterocycles. The minimum absolute atomic E-state index is 0.194. The van der Waals surface area contributed by atoms with Gasteiger partial charge in [0.25, 0.3) is 0 Å². The van der Waals surface area contributed by atoms with E-state index in [2.05, 4.69) is 24.5 Å². The zero-order chi connectivity index (χ0) is 11.5. The number of rotatable bonds is 2. The molecule has 1 amide bonds. The van der Waals surface area contributed by atoms with E-state index in [9.17, 15) is 4.79 Å². The lowest BCUT2D eigenvalue weighted by atomic mass is 9.91. The molecule has 1 aliphatic carbocycles. The highest BCUT2D eigenvalue weighted by molar-refractivity contribution is 5.79. The van der Waals surface area contributed by atoms with Gasteiger partial charge in [0.2, 0.25) is 5.91 Å². The second kappa shape index (κ2) is 5.17. The van der Waals surface area contributed by atoms with E-state index < -0.39 is 0 Å². The second-order valence-electron chi connectivity index (χ2n) is 5.82. The van der Waals surface area contributed by atoms with E-state index in [1.54, 1.807) is 0 Å². The smallest absolute Gasteiger partial charge is 0.224 e. The predicted octanol–water partition coefficient (Wildman–Crippen LogP) is 1.54. The minimum atomic E-state index is 0.194. The first-order valence-corrected chi connectivity index (χ1v) is 6.66. The van der Waals surface area contributed by atoms with E-state index in [0.29, 0.717) is 12.0 Å². The molecule has 1 heterocycles. The van der Waals surface area contributed by atoms with Crippen LogP contribution in [0.5, 0.6) is 0 Å². The molecule has 3 nitrogen and oxygen atoms in total. The fourth-order valence-corrected chi connectivity index (χ4v) is 3.01. The Hall–Kier alpha value is -0.570. The number of piperidine rings is 1. The molecular weight excluding hydrogens is 200 g/mol. The van der Waals surface area contributed by atoms with Crippen molar-refractivity contribution in [3.63, 3.8) is 0 Å². The molecule has 0 aromatic rings. The molecule has 0 bridgehead atoms. The quantitative estimate of drug-likeness (QED) is 0.747. The summed E-state index contributed by atoms with van der Waals surface area (Å²) >= 11 is 0. The Balaban J connectivity index is 1.78. The van der Waals surface area contributed by atoms with E-state index >= 15 is 0 Å². The maximum atomic E-state index is 12.1. The Bertz CT molecular complexity index is 254. The van der Waals surface area contributed by atoms with Gasteiger partial charge in [-0.2, -0.15) is 0 Å². The van der Waals surface area contributed by atoms with Crippen molar-refractivity contribution < 1.29 is 4.79 Å². The van der Waals surface area contributed by atoms with Gasteiger partial charge in [0.1, 0.15) is 0 Å². The Kier molecular flexibility index (Phi) is 3.85. The number of carbonyl (C=O) groups is 1. The molecule has 4 unspecified atom stereocenters. The molecule has 2 aliphatic rings. The maximum Gasteiger partial charge on any atom is 0.224 e. The highest BCUT2D eigenvalue weighted by atomic mass is 16.2. The molecule has 0 spiro atoms. The highest BCUT2D eigenvalue weighted by Gasteiger charge is 2.28. The molecule has 0 radical (unpaired) electrons. The summed E-state index contributed by atoms with van der Waals surface area (Å²) < 4.78 is 0. The van der Waals surface area contributed by atoms with Crippen molar-refractivity contribution in [3.8, 4) is 0 Å². The summed E-state index contributed by atoms with van der Waals surface area (Å²) in [6, 6.07) is 0.444. The van der Waals surface area contributed by atoms with Gasteiger partial charge in [-0.25, -0.2) is 0 Å². The van der Waals surface area contributed by atoms with E-state index in [-0.39, 0.29) is 11.8 Å². The van der Waals surface area contributed by atoms with Crippen molar-refractivity contribution in [2.45, 2.75) is 45.6 Å². The van der Waals surface area contributed by atoms with Gasteiger partial charge in [0.15, 0.2) is 0 Å². The Morgan fingerprint density at radius 2 is 1.94 bits per heavy atom. The van der Waals surface area contributed by atoms with Crippen LogP contribution in [0.25, 0.3) is 0 Å². The number of nitrogens with one attached hydrogen (secondary N) is 2. The first kappa shape index (κ1) is 11.9. The van der Waals surface area contributed by atoms with E-state index in [0.717, 1.165) is 25.4 Å². The van der Waals surface area contributed by atoms with Gasteiger partial charge in [-0.1, -0.05) is 13.8 Å². The van der Waals surface area contributed by atoms with Gasteiger partial charge in [-0.15, -0.1) is 0 Å². The lowest BCUT2D eigenvalue weighted by Crippen LogP contribution is -2.45. The summed E-state index contributed by atoms with van der Waals surface area (Å²) in [5.74, 6) is 1.89. The van der Waals surface area contributed by atoms with Gasteiger partial charge >= 0.3 is 0 Å². The summed E-state index contributed by atoms with van der Waals surface area (Å²) in [4.78, 5) is 12.1. The minimum Gasteiger partial charge on any atom is -0.353 e. The lowest BCUT2D eigenvalue weighted by Gasteiger charge is -2.28. The van der Waals surface area contributed by atoms with Gasteiger partial charge in [-0.05, 0) is 44.1 Å². The van der Waals surface area contributed by atoms with Gasteiger partial charge < -0.3 is 10.6 Å². The van der Waals surface area contributed by atoms with Crippen LogP contribution in [0.2, 0.25) is 0 Å². The first-order valence-electron chi connectivity index (χ1n) is 6.66. The Labute approximate surface area is 98.4 Å². The number of hydrogen-bond donors (Lipinski definition) is 2. The van der Waals surface area contributed by atoms with Gasteiger partial charge in [0, 0.05) is 12.6 Å². The van der Waals surface area contributed by atoms with E-state index in [1.165, 1.54) is 19.3 Å². The van der Waals surface area contributed by atoms with Crippen molar-refractivity contribution in [1.82, 2.24) is 10.6 Å². The molecule has 2 rings (SSSR count). The van der Waals surface area contributed by atoms with Crippen LogP contribution in [-0.2, 0) is 4.79 Å². The van der Waals surface area contributed by atoms with Crippen molar-refractivity contribution in [2.24, 2.45) is 17.8 Å². The SMILES string of the molecule is CC1CCC(NC(=O)C2CNCC(C)C2)C1. The van der Waals surface area contributed by atoms with E-state index in [4.69, 9.17) is 0 Å². The zero-order valence-electron chi connectivity index (χ0n) is 10.5. The molecule has 0 aromatic heterocycles. The molecule has 1 aliphatic heterocycles. The van der Waals surface area contributed by atoms with Gasteiger partial charge in [-0.3, -0.25) is 4.79 Å². The number of carbonyl (C=O) groups excluding carboxylic acids is 1. The molecule has 3 heteroatoms. The number of amides is 1. The summed E-state index contributed by atoms with van der Waals surface area (Å²) in [6.45, 7) is 6.41. The van der Waals surface area contributed by atoms with Crippen molar-refractivity contribution in [1.29, 1.82) is 0 Å². The Morgan fingerprint density at radius 1 is 1.12 bits per heavy atom. The molecule has 2 fully saturated rings. The average Bonchev–Trinajstić information content (AvgIpc) is 2.64. The topological polar surface area (TPSA) is 41.1 Å². The molecule has 4 atom stereocenters. The molecule has 92 valence electrons. The molecular formula is C13H24N2O. The van der Waals surface area contributed by atoms with Crippen LogP contribution in [0.4, 0.5) is 0 Å². The van der Waals surface area contributed by atoms with Crippen molar-refractivity contribution >= 4 is 5.91 Å². The third-order valence-corrected chi connectivity index (χ3v) is 3.98. The summed E-state index contributed by atoms with van der Waals surface area (Å²) in [7, 11) is 0.